The molecule has 0 amide bonds. The second-order valence-electron chi connectivity index (χ2n) is 6.06. The van der Waals surface area contributed by atoms with Crippen LogP contribution in [-0.4, -0.2) is 34.9 Å². The summed E-state index contributed by atoms with van der Waals surface area (Å²) in [4.78, 5) is 3.98. The number of ether oxygens (including phenoxy) is 1. The van der Waals surface area contributed by atoms with Crippen molar-refractivity contribution in [1.29, 1.82) is 0 Å². The maximum atomic E-state index is 13.4. The van der Waals surface area contributed by atoms with E-state index >= 15 is 0 Å². The number of benzene rings is 2. The van der Waals surface area contributed by atoms with Crippen LogP contribution in [0.25, 0.3) is 22.5 Å². The minimum Gasteiger partial charge on any atom is -0.497 e. The molecule has 4 rings (SSSR count). The van der Waals surface area contributed by atoms with Gasteiger partial charge in [0.2, 0.25) is 0 Å². The first-order chi connectivity index (χ1) is 14.0. The summed E-state index contributed by atoms with van der Waals surface area (Å²) in [7, 11) is -2.62. The van der Waals surface area contributed by atoms with E-state index in [-0.39, 0.29) is 10.6 Å². The number of nitrogens with zero attached hydrogens (tertiary/aromatic N) is 4. The Labute approximate surface area is 166 Å². The summed E-state index contributed by atoms with van der Waals surface area (Å²) in [5.41, 5.74) is 1.64. The van der Waals surface area contributed by atoms with Gasteiger partial charge >= 0.3 is 0 Å². The number of methoxy groups -OCH3 is 1. The summed E-state index contributed by atoms with van der Waals surface area (Å²) in [5.74, 6) is -0.00832. The Morgan fingerprint density at radius 2 is 1.69 bits per heavy atom. The van der Waals surface area contributed by atoms with Gasteiger partial charge in [0.25, 0.3) is 10.0 Å². The lowest BCUT2D eigenvalue weighted by Crippen LogP contribution is -2.16. The average Bonchev–Trinajstić information content (AvgIpc) is 3.21. The standard InChI is InChI=1S/C20H15FN4O3S/c1-28-17-3-2-4-18(13-17)29(26,27)25-20(15-9-11-22-12-10-15)19(23-24-25)14-5-7-16(21)8-6-14/h2-13H,1H3. The van der Waals surface area contributed by atoms with Gasteiger partial charge in [0.05, 0.1) is 12.0 Å². The quantitative estimate of drug-likeness (QED) is 0.501. The molecule has 7 nitrogen and oxygen atoms in total. The number of hydrogen-bond acceptors (Lipinski definition) is 6. The lowest BCUT2D eigenvalue weighted by Gasteiger charge is -2.10. The van der Waals surface area contributed by atoms with Gasteiger partial charge < -0.3 is 4.74 Å². The number of aromatic nitrogens is 4. The van der Waals surface area contributed by atoms with Gasteiger partial charge in [0, 0.05) is 29.6 Å². The van der Waals surface area contributed by atoms with Crippen LogP contribution in [0.2, 0.25) is 0 Å². The third-order valence-electron chi connectivity index (χ3n) is 4.28. The van der Waals surface area contributed by atoms with E-state index in [1.165, 1.54) is 43.5 Å². The van der Waals surface area contributed by atoms with Crippen molar-refractivity contribution in [3.8, 4) is 28.3 Å². The molecule has 0 spiro atoms. The van der Waals surface area contributed by atoms with Crippen molar-refractivity contribution in [1.82, 2.24) is 19.4 Å². The fraction of sp³-hybridized carbons (Fsp3) is 0.0500. The van der Waals surface area contributed by atoms with Gasteiger partial charge in [-0.1, -0.05) is 11.3 Å². The van der Waals surface area contributed by atoms with E-state index < -0.39 is 15.8 Å². The molecular weight excluding hydrogens is 395 g/mol. The molecule has 29 heavy (non-hydrogen) atoms. The van der Waals surface area contributed by atoms with E-state index in [1.807, 2.05) is 0 Å². The van der Waals surface area contributed by atoms with E-state index in [0.717, 1.165) is 4.09 Å². The van der Waals surface area contributed by atoms with Crippen LogP contribution < -0.4 is 4.74 Å². The van der Waals surface area contributed by atoms with Crippen LogP contribution in [-0.2, 0) is 10.0 Å². The number of halogens is 1. The van der Waals surface area contributed by atoms with E-state index in [2.05, 4.69) is 15.3 Å². The van der Waals surface area contributed by atoms with Gasteiger partial charge in [-0.25, -0.2) is 4.39 Å². The lowest BCUT2D eigenvalue weighted by atomic mass is 10.1. The normalized spacial score (nSPS) is 11.4. The fourth-order valence-corrected chi connectivity index (χ4v) is 4.14. The molecule has 0 saturated carbocycles. The van der Waals surface area contributed by atoms with Crippen LogP contribution in [0.3, 0.4) is 0 Å². The minimum absolute atomic E-state index is 0.00251. The maximum absolute atomic E-state index is 13.4. The lowest BCUT2D eigenvalue weighted by molar-refractivity contribution is 0.413. The Balaban J connectivity index is 1.95. The molecule has 0 aliphatic heterocycles. The molecule has 0 aliphatic carbocycles. The van der Waals surface area contributed by atoms with Crippen LogP contribution >= 0.6 is 0 Å². The van der Waals surface area contributed by atoms with Crippen molar-refractivity contribution < 1.29 is 17.5 Å². The molecule has 2 heterocycles. The molecule has 2 aromatic carbocycles. The van der Waals surface area contributed by atoms with Crippen molar-refractivity contribution in [2.24, 2.45) is 0 Å². The SMILES string of the molecule is COc1cccc(S(=O)(=O)n2nnc(-c3ccc(F)cc3)c2-c2ccncc2)c1. The van der Waals surface area contributed by atoms with Crippen LogP contribution in [0.15, 0.2) is 78.0 Å². The Morgan fingerprint density at radius 3 is 2.38 bits per heavy atom. The molecular formula is C20H15FN4O3S. The van der Waals surface area contributed by atoms with Crippen LogP contribution in [0, 0.1) is 5.82 Å². The van der Waals surface area contributed by atoms with Gasteiger partial charge in [0.1, 0.15) is 23.0 Å². The zero-order valence-corrected chi connectivity index (χ0v) is 16.0. The van der Waals surface area contributed by atoms with Crippen molar-refractivity contribution in [3.05, 3.63) is 78.9 Å². The molecule has 0 saturated heterocycles. The van der Waals surface area contributed by atoms with Gasteiger partial charge in [-0.3, -0.25) is 4.98 Å². The molecule has 0 fully saturated rings. The highest BCUT2D eigenvalue weighted by molar-refractivity contribution is 7.90. The van der Waals surface area contributed by atoms with Crippen molar-refractivity contribution in [2.45, 2.75) is 4.90 Å². The summed E-state index contributed by atoms with van der Waals surface area (Å²) in [6.07, 6.45) is 3.08. The highest BCUT2D eigenvalue weighted by Crippen LogP contribution is 2.32. The highest BCUT2D eigenvalue weighted by Gasteiger charge is 2.27. The third kappa shape index (κ3) is 3.47. The van der Waals surface area contributed by atoms with Crippen LogP contribution in [0.4, 0.5) is 4.39 Å². The average molecular weight is 410 g/mol. The van der Waals surface area contributed by atoms with E-state index in [1.54, 1.807) is 36.7 Å². The molecule has 0 radical (unpaired) electrons. The summed E-state index contributed by atoms with van der Waals surface area (Å²) in [5, 5.41) is 8.01. The van der Waals surface area contributed by atoms with Gasteiger partial charge in [0.15, 0.2) is 0 Å². The molecule has 0 aliphatic rings. The summed E-state index contributed by atoms with van der Waals surface area (Å²) >= 11 is 0. The topological polar surface area (TPSA) is 87.0 Å². The first-order valence-corrected chi connectivity index (χ1v) is 9.96. The largest absolute Gasteiger partial charge is 0.497 e. The number of hydrogen-bond donors (Lipinski definition) is 0. The number of pyridine rings is 1. The van der Waals surface area contributed by atoms with Gasteiger partial charge in [-0.2, -0.15) is 8.42 Å². The second kappa shape index (κ2) is 7.44. The van der Waals surface area contributed by atoms with E-state index in [9.17, 15) is 12.8 Å². The summed E-state index contributed by atoms with van der Waals surface area (Å²) < 4.78 is 46.0. The molecule has 0 N–H and O–H groups in total. The third-order valence-corrected chi connectivity index (χ3v) is 5.84. The van der Waals surface area contributed by atoms with E-state index in [0.29, 0.717) is 22.6 Å². The Kier molecular flexibility index (Phi) is 4.81. The van der Waals surface area contributed by atoms with Crippen molar-refractivity contribution in [3.63, 3.8) is 0 Å². The fourth-order valence-electron chi connectivity index (χ4n) is 2.86. The predicted molar refractivity (Wildman–Crippen MR) is 104 cm³/mol. The summed E-state index contributed by atoms with van der Waals surface area (Å²) in [6, 6.07) is 15.0. The molecule has 9 heteroatoms. The first-order valence-electron chi connectivity index (χ1n) is 8.52. The van der Waals surface area contributed by atoms with Crippen LogP contribution in [0.1, 0.15) is 0 Å². The zero-order valence-electron chi connectivity index (χ0n) is 15.2. The summed E-state index contributed by atoms with van der Waals surface area (Å²) in [6.45, 7) is 0. The minimum atomic E-state index is -4.08. The van der Waals surface area contributed by atoms with E-state index in [4.69, 9.17) is 4.74 Å². The Bertz CT molecular complexity index is 1260. The molecule has 146 valence electrons. The van der Waals surface area contributed by atoms with Crippen LogP contribution in [0.5, 0.6) is 5.75 Å². The second-order valence-corrected chi connectivity index (χ2v) is 7.82. The Morgan fingerprint density at radius 1 is 0.966 bits per heavy atom. The van der Waals surface area contributed by atoms with Crippen molar-refractivity contribution >= 4 is 10.0 Å². The first kappa shape index (κ1) is 18.8. The highest BCUT2D eigenvalue weighted by atomic mass is 32.2. The molecule has 4 aromatic rings. The molecule has 0 bridgehead atoms. The monoisotopic (exact) mass is 410 g/mol. The molecule has 2 aromatic heterocycles. The predicted octanol–water partition coefficient (Wildman–Crippen LogP) is 3.39. The smallest absolute Gasteiger partial charge is 0.285 e. The Hall–Kier alpha value is -3.59. The molecule has 0 unspecified atom stereocenters. The zero-order chi connectivity index (χ0) is 20.4. The maximum Gasteiger partial charge on any atom is 0.285 e. The van der Waals surface area contributed by atoms with Crippen molar-refractivity contribution in [2.75, 3.05) is 7.11 Å². The van der Waals surface area contributed by atoms with Gasteiger partial charge in [-0.15, -0.1) is 9.19 Å². The number of rotatable bonds is 5. The molecule has 0 atom stereocenters. The van der Waals surface area contributed by atoms with Gasteiger partial charge in [-0.05, 0) is 48.5 Å².